The summed E-state index contributed by atoms with van der Waals surface area (Å²) in [5.74, 6) is -0.235. The summed E-state index contributed by atoms with van der Waals surface area (Å²) in [5, 5.41) is 3.05. The maximum absolute atomic E-state index is 11.6. The molecule has 0 aliphatic carbocycles. The van der Waals surface area contributed by atoms with Crippen LogP contribution in [0.25, 0.3) is 0 Å². The van der Waals surface area contributed by atoms with Crippen molar-refractivity contribution in [2.45, 2.75) is 11.5 Å². The molecule has 110 valence electrons. The van der Waals surface area contributed by atoms with Gasteiger partial charge in [-0.3, -0.25) is 9.35 Å². The van der Waals surface area contributed by atoms with Crippen molar-refractivity contribution in [1.82, 2.24) is 5.43 Å². The summed E-state index contributed by atoms with van der Waals surface area (Å²) in [7, 11) is -4.38. The maximum atomic E-state index is 11.6. The summed E-state index contributed by atoms with van der Waals surface area (Å²) in [6, 6.07) is 11.5. The molecular weight excluding hydrogens is 296 g/mol. The van der Waals surface area contributed by atoms with Crippen molar-refractivity contribution in [2.24, 2.45) is 5.10 Å². The first kappa shape index (κ1) is 14.9. The second-order valence-corrected chi connectivity index (χ2v) is 5.44. The number of benzene rings is 1. The van der Waals surface area contributed by atoms with Crippen LogP contribution in [-0.4, -0.2) is 25.1 Å². The highest BCUT2D eigenvalue weighted by molar-refractivity contribution is 7.85. The lowest BCUT2D eigenvalue weighted by atomic mass is 10.1. The zero-order valence-electron chi connectivity index (χ0n) is 10.8. The van der Waals surface area contributed by atoms with Gasteiger partial charge in [0.1, 0.15) is 5.76 Å². The van der Waals surface area contributed by atoms with Gasteiger partial charge in [-0.1, -0.05) is 30.3 Å². The van der Waals surface area contributed by atoms with Crippen molar-refractivity contribution in [3.8, 4) is 0 Å². The summed E-state index contributed by atoms with van der Waals surface area (Å²) >= 11 is 0. The molecule has 2 N–H and O–H groups in total. The van der Waals surface area contributed by atoms with Crippen LogP contribution in [0.5, 0.6) is 0 Å². The van der Waals surface area contributed by atoms with Crippen LogP contribution in [0.1, 0.15) is 11.3 Å². The van der Waals surface area contributed by atoms with Crippen LogP contribution < -0.4 is 5.43 Å². The molecular formula is C13H12N2O5S. The molecule has 0 saturated heterocycles. The standard InChI is InChI=1S/C13H12N2O5S/c16-12(8-10-4-2-1-3-5-10)15-14-9-11-6-7-13(20-11)21(17,18)19/h1-7,9H,8H2,(H,15,16)(H,17,18,19)/b14-9-. The fourth-order valence-corrected chi connectivity index (χ4v) is 1.97. The highest BCUT2D eigenvalue weighted by Crippen LogP contribution is 2.11. The van der Waals surface area contributed by atoms with Gasteiger partial charge in [-0.05, 0) is 17.7 Å². The Balaban J connectivity index is 1.90. The van der Waals surface area contributed by atoms with Crippen LogP contribution in [0, 0.1) is 0 Å². The Kier molecular flexibility index (Phi) is 4.51. The van der Waals surface area contributed by atoms with Gasteiger partial charge in [0, 0.05) is 0 Å². The van der Waals surface area contributed by atoms with Gasteiger partial charge >= 0.3 is 10.1 Å². The molecule has 0 atom stereocenters. The van der Waals surface area contributed by atoms with Gasteiger partial charge in [0.25, 0.3) is 0 Å². The highest BCUT2D eigenvalue weighted by atomic mass is 32.2. The number of hydrogen-bond acceptors (Lipinski definition) is 5. The first-order valence-corrected chi connectivity index (χ1v) is 7.32. The Morgan fingerprint density at radius 2 is 1.95 bits per heavy atom. The second kappa shape index (κ2) is 6.33. The lowest BCUT2D eigenvalue weighted by molar-refractivity contribution is -0.120. The van der Waals surface area contributed by atoms with E-state index < -0.39 is 15.2 Å². The van der Waals surface area contributed by atoms with Crippen molar-refractivity contribution in [3.63, 3.8) is 0 Å². The van der Waals surface area contributed by atoms with E-state index in [1.807, 2.05) is 30.3 Å². The third-order valence-corrected chi connectivity index (χ3v) is 3.17. The van der Waals surface area contributed by atoms with Gasteiger partial charge in [-0.25, -0.2) is 5.43 Å². The molecule has 0 bridgehead atoms. The van der Waals surface area contributed by atoms with Gasteiger partial charge in [-0.2, -0.15) is 13.5 Å². The summed E-state index contributed by atoms with van der Waals surface area (Å²) in [6.45, 7) is 0. The predicted molar refractivity (Wildman–Crippen MR) is 74.4 cm³/mol. The van der Waals surface area contributed by atoms with Crippen molar-refractivity contribution in [2.75, 3.05) is 0 Å². The summed E-state index contributed by atoms with van der Waals surface area (Å²) in [4.78, 5) is 11.6. The Labute approximate surface area is 121 Å². The molecule has 7 nitrogen and oxygen atoms in total. The van der Waals surface area contributed by atoms with Crippen LogP contribution >= 0.6 is 0 Å². The van der Waals surface area contributed by atoms with Gasteiger partial charge in [0.15, 0.2) is 0 Å². The number of furan rings is 1. The average Bonchev–Trinajstić information content (AvgIpc) is 2.88. The average molecular weight is 308 g/mol. The molecule has 0 aliphatic rings. The first-order chi connectivity index (χ1) is 9.95. The van der Waals surface area contributed by atoms with Crippen LogP contribution in [0.15, 0.2) is 57.1 Å². The molecule has 0 saturated carbocycles. The lowest BCUT2D eigenvalue weighted by Crippen LogP contribution is -2.19. The molecule has 0 fully saturated rings. The fourth-order valence-electron chi connectivity index (χ4n) is 1.53. The third kappa shape index (κ3) is 4.55. The quantitative estimate of drug-likeness (QED) is 0.490. The van der Waals surface area contributed by atoms with Crippen molar-refractivity contribution < 1.29 is 22.2 Å². The van der Waals surface area contributed by atoms with Crippen LogP contribution in [-0.2, 0) is 21.3 Å². The molecule has 2 aromatic rings. The molecule has 1 heterocycles. The van der Waals surface area contributed by atoms with E-state index in [1.165, 1.54) is 6.07 Å². The van der Waals surface area contributed by atoms with Gasteiger partial charge < -0.3 is 4.42 Å². The number of amides is 1. The molecule has 0 radical (unpaired) electrons. The van der Waals surface area contributed by atoms with Crippen LogP contribution in [0.4, 0.5) is 0 Å². The topological polar surface area (TPSA) is 109 Å². The molecule has 0 unspecified atom stereocenters. The van der Waals surface area contributed by atoms with E-state index in [9.17, 15) is 13.2 Å². The van der Waals surface area contributed by atoms with E-state index in [4.69, 9.17) is 8.97 Å². The van der Waals surface area contributed by atoms with E-state index in [0.29, 0.717) is 0 Å². The van der Waals surface area contributed by atoms with Gasteiger partial charge in [-0.15, -0.1) is 0 Å². The summed E-state index contributed by atoms with van der Waals surface area (Å²) in [6.07, 6.45) is 1.31. The molecule has 0 aliphatic heterocycles. The zero-order valence-corrected chi connectivity index (χ0v) is 11.6. The van der Waals surface area contributed by atoms with Crippen LogP contribution in [0.3, 0.4) is 0 Å². The Hall–Kier alpha value is -2.45. The number of carbonyl (C=O) groups excluding carboxylic acids is 1. The Bertz CT molecular complexity index is 750. The highest BCUT2D eigenvalue weighted by Gasteiger charge is 2.13. The minimum atomic E-state index is -4.38. The van der Waals surface area contributed by atoms with Gasteiger partial charge in [0.2, 0.25) is 11.0 Å². The second-order valence-electron chi connectivity index (χ2n) is 4.09. The smallest absolute Gasteiger partial charge is 0.328 e. The molecule has 1 aromatic carbocycles. The minimum absolute atomic E-state index is 0.0858. The Morgan fingerprint density at radius 3 is 2.57 bits per heavy atom. The van der Waals surface area contributed by atoms with E-state index in [0.717, 1.165) is 17.8 Å². The number of hydrazone groups is 1. The summed E-state index contributed by atoms with van der Waals surface area (Å²) < 4.78 is 35.1. The monoisotopic (exact) mass is 308 g/mol. The van der Waals surface area contributed by atoms with E-state index in [1.54, 1.807) is 0 Å². The van der Waals surface area contributed by atoms with E-state index >= 15 is 0 Å². The van der Waals surface area contributed by atoms with Gasteiger partial charge in [0.05, 0.1) is 12.6 Å². The van der Waals surface area contributed by atoms with Crippen molar-refractivity contribution in [3.05, 3.63) is 53.8 Å². The molecule has 0 spiro atoms. The maximum Gasteiger partial charge on any atom is 0.328 e. The number of nitrogens with one attached hydrogen (secondary N) is 1. The molecule has 1 amide bonds. The molecule has 2 rings (SSSR count). The lowest BCUT2D eigenvalue weighted by Gasteiger charge is -1.99. The molecule has 1 aromatic heterocycles. The number of carbonyl (C=O) groups is 1. The Morgan fingerprint density at radius 1 is 1.24 bits per heavy atom. The fraction of sp³-hybridized carbons (Fsp3) is 0.0769. The van der Waals surface area contributed by atoms with Crippen LogP contribution in [0.2, 0.25) is 0 Å². The van der Waals surface area contributed by atoms with E-state index in [-0.39, 0.29) is 18.1 Å². The zero-order chi connectivity index (χ0) is 15.3. The largest absolute Gasteiger partial charge is 0.441 e. The summed E-state index contributed by atoms with van der Waals surface area (Å²) in [5.41, 5.74) is 3.13. The minimum Gasteiger partial charge on any atom is -0.441 e. The normalized spacial score (nSPS) is 11.7. The predicted octanol–water partition coefficient (Wildman–Crippen LogP) is 1.22. The first-order valence-electron chi connectivity index (χ1n) is 5.88. The SMILES string of the molecule is O=C(Cc1ccccc1)N/N=C\c1ccc(S(=O)(=O)O)o1. The number of hydrogen-bond donors (Lipinski definition) is 2. The third-order valence-electron chi connectivity index (χ3n) is 2.44. The number of nitrogens with zero attached hydrogens (tertiary/aromatic N) is 1. The van der Waals surface area contributed by atoms with Crippen molar-refractivity contribution in [1.29, 1.82) is 0 Å². The number of rotatable bonds is 5. The molecule has 8 heteroatoms. The van der Waals surface area contributed by atoms with Crippen molar-refractivity contribution >= 4 is 22.2 Å². The molecule has 21 heavy (non-hydrogen) atoms. The van der Waals surface area contributed by atoms with E-state index in [2.05, 4.69) is 10.5 Å².